The van der Waals surface area contributed by atoms with Crippen LogP contribution < -0.4 is 0 Å². The van der Waals surface area contributed by atoms with Crippen LogP contribution in [0.15, 0.2) is 30.3 Å². The van der Waals surface area contributed by atoms with Gasteiger partial charge in [0.1, 0.15) is 5.41 Å². The van der Waals surface area contributed by atoms with E-state index in [2.05, 4.69) is 24.3 Å². The van der Waals surface area contributed by atoms with Gasteiger partial charge in [0, 0.05) is 18.5 Å². The molecule has 4 nitrogen and oxygen atoms in total. The lowest BCUT2D eigenvalue weighted by molar-refractivity contribution is -0.156. The number of nitrogens with zero attached hydrogens (tertiary/aromatic N) is 1. The van der Waals surface area contributed by atoms with Crippen LogP contribution in [0, 0.1) is 22.2 Å². The molecule has 2 atom stereocenters. The van der Waals surface area contributed by atoms with Gasteiger partial charge < -0.3 is 4.90 Å². The molecule has 2 aliphatic carbocycles. The Labute approximate surface area is 161 Å². The number of hydrogen-bond acceptors (Lipinski definition) is 3. The Morgan fingerprint density at radius 1 is 1.00 bits per heavy atom. The zero-order valence-electron chi connectivity index (χ0n) is 16.6. The summed E-state index contributed by atoms with van der Waals surface area (Å²) in [7, 11) is 0. The molecule has 4 heteroatoms. The van der Waals surface area contributed by atoms with Crippen molar-refractivity contribution in [1.29, 1.82) is 0 Å². The Morgan fingerprint density at radius 2 is 1.63 bits per heavy atom. The second-order valence-electron chi connectivity index (χ2n) is 9.45. The van der Waals surface area contributed by atoms with Gasteiger partial charge in [-0.15, -0.1) is 0 Å². The van der Waals surface area contributed by atoms with Crippen LogP contribution in [0.5, 0.6) is 0 Å². The number of piperidine rings is 1. The molecule has 0 unspecified atom stereocenters. The highest BCUT2D eigenvalue weighted by Gasteiger charge is 2.78. The van der Waals surface area contributed by atoms with Crippen LogP contribution in [0.1, 0.15) is 52.0 Å². The van der Waals surface area contributed by atoms with E-state index in [4.69, 9.17) is 0 Å². The summed E-state index contributed by atoms with van der Waals surface area (Å²) in [5.41, 5.74) is -1.09. The van der Waals surface area contributed by atoms with Gasteiger partial charge in [0.05, 0.1) is 0 Å². The summed E-state index contributed by atoms with van der Waals surface area (Å²) in [6.07, 6.45) is 4.10. The van der Waals surface area contributed by atoms with Gasteiger partial charge in [0.15, 0.2) is 0 Å². The normalized spacial score (nSPS) is 32.9. The van der Waals surface area contributed by atoms with E-state index >= 15 is 0 Å². The maximum absolute atomic E-state index is 13.5. The molecule has 2 saturated carbocycles. The summed E-state index contributed by atoms with van der Waals surface area (Å²) in [4.78, 5) is 40.9. The van der Waals surface area contributed by atoms with E-state index in [0.717, 1.165) is 19.3 Å². The lowest BCUT2D eigenvalue weighted by Gasteiger charge is -2.42. The zero-order chi connectivity index (χ0) is 19.4. The number of benzene rings is 1. The quantitative estimate of drug-likeness (QED) is 0.607. The lowest BCUT2D eigenvalue weighted by atomic mass is 9.64. The predicted octanol–water partition coefficient (Wildman–Crippen LogP) is 3.43. The van der Waals surface area contributed by atoms with Gasteiger partial charge in [-0.1, -0.05) is 51.1 Å². The first-order chi connectivity index (χ1) is 12.7. The number of Topliss-reactive ketones (excluding diaryl/α,β-unsaturated/α-hetero) is 2. The molecule has 3 aliphatic rings. The summed E-state index contributed by atoms with van der Waals surface area (Å²) in [6.45, 7) is 7.14. The second-order valence-corrected chi connectivity index (χ2v) is 9.45. The molecule has 0 radical (unpaired) electrons. The van der Waals surface area contributed by atoms with Crippen molar-refractivity contribution in [3.63, 3.8) is 0 Å². The third kappa shape index (κ3) is 2.31. The molecular formula is C23H29NO3. The Morgan fingerprint density at radius 3 is 2.19 bits per heavy atom. The number of amides is 1. The molecule has 0 spiro atoms. The Kier molecular flexibility index (Phi) is 4.10. The van der Waals surface area contributed by atoms with Gasteiger partial charge in [-0.3, -0.25) is 14.4 Å². The van der Waals surface area contributed by atoms with Crippen molar-refractivity contribution in [1.82, 2.24) is 4.90 Å². The number of rotatable bonds is 3. The summed E-state index contributed by atoms with van der Waals surface area (Å²) in [6, 6.07) is 10.5. The van der Waals surface area contributed by atoms with Crippen molar-refractivity contribution < 1.29 is 14.4 Å². The third-order valence-electron chi connectivity index (χ3n) is 8.18. The minimum atomic E-state index is -1.13. The molecule has 0 aromatic heterocycles. The van der Waals surface area contributed by atoms with E-state index in [-0.39, 0.29) is 11.7 Å². The van der Waals surface area contributed by atoms with Gasteiger partial charge >= 0.3 is 0 Å². The van der Waals surface area contributed by atoms with Crippen LogP contribution in [0.3, 0.4) is 0 Å². The number of ketones is 2. The second kappa shape index (κ2) is 6.02. The first kappa shape index (κ1) is 18.4. The Hall–Kier alpha value is -1.97. The van der Waals surface area contributed by atoms with E-state index in [0.29, 0.717) is 31.8 Å². The number of carbonyl (C=O) groups excluding carboxylic acids is 3. The average molecular weight is 367 g/mol. The first-order valence-electron chi connectivity index (χ1n) is 10.2. The highest BCUT2D eigenvalue weighted by atomic mass is 16.2. The molecule has 3 fully saturated rings. The smallest absolute Gasteiger partial charge is 0.237 e. The molecule has 4 rings (SSSR count). The molecular weight excluding hydrogens is 338 g/mol. The molecule has 144 valence electrons. The fourth-order valence-electron chi connectivity index (χ4n) is 5.80. The van der Waals surface area contributed by atoms with Crippen molar-refractivity contribution in [3.8, 4) is 0 Å². The minimum absolute atomic E-state index is 0.0924. The van der Waals surface area contributed by atoms with Crippen LogP contribution in [0.4, 0.5) is 0 Å². The Balaban J connectivity index is 1.48. The van der Waals surface area contributed by atoms with E-state index < -0.39 is 22.0 Å². The summed E-state index contributed by atoms with van der Waals surface area (Å²) in [5.74, 6) is -0.286. The van der Waals surface area contributed by atoms with E-state index in [1.807, 2.05) is 31.7 Å². The fourth-order valence-corrected chi connectivity index (χ4v) is 5.80. The van der Waals surface area contributed by atoms with Gasteiger partial charge in [-0.2, -0.15) is 0 Å². The molecule has 1 aliphatic heterocycles. The SMILES string of the molecule is CC1(C)[C@@]2(C(=O)N3CCC(Cc4ccccc4)CC3)CC[C@]1(C)C(=O)C2=O. The maximum Gasteiger partial charge on any atom is 0.237 e. The van der Waals surface area contributed by atoms with Crippen molar-refractivity contribution in [2.24, 2.45) is 22.2 Å². The third-order valence-corrected chi connectivity index (χ3v) is 8.18. The fraction of sp³-hybridized carbons (Fsp3) is 0.609. The minimum Gasteiger partial charge on any atom is -0.342 e. The van der Waals surface area contributed by atoms with Gasteiger partial charge in [-0.25, -0.2) is 0 Å². The maximum atomic E-state index is 13.5. The molecule has 2 bridgehead atoms. The van der Waals surface area contributed by atoms with Crippen LogP contribution in [0.2, 0.25) is 0 Å². The van der Waals surface area contributed by atoms with Gasteiger partial charge in [0.2, 0.25) is 17.5 Å². The van der Waals surface area contributed by atoms with Gasteiger partial charge in [-0.05, 0) is 49.0 Å². The number of likely N-dealkylation sites (tertiary alicyclic amines) is 1. The molecule has 0 N–H and O–H groups in total. The number of carbonyl (C=O) groups is 3. The molecule has 27 heavy (non-hydrogen) atoms. The van der Waals surface area contributed by atoms with Crippen LogP contribution in [-0.4, -0.2) is 35.5 Å². The number of hydrogen-bond donors (Lipinski definition) is 0. The molecule has 1 saturated heterocycles. The highest BCUT2D eigenvalue weighted by molar-refractivity contribution is 6.48. The van der Waals surface area contributed by atoms with Crippen LogP contribution in [-0.2, 0) is 20.8 Å². The topological polar surface area (TPSA) is 54.5 Å². The van der Waals surface area contributed by atoms with Crippen LogP contribution >= 0.6 is 0 Å². The summed E-state index contributed by atoms with van der Waals surface area (Å²) >= 11 is 0. The Bertz CT molecular complexity index is 791. The van der Waals surface area contributed by atoms with Gasteiger partial charge in [0.25, 0.3) is 0 Å². The summed E-state index contributed by atoms with van der Waals surface area (Å²) in [5, 5.41) is 0. The van der Waals surface area contributed by atoms with E-state index in [1.54, 1.807) is 0 Å². The molecule has 1 heterocycles. The monoisotopic (exact) mass is 367 g/mol. The first-order valence-corrected chi connectivity index (χ1v) is 10.2. The largest absolute Gasteiger partial charge is 0.342 e. The standard InChI is InChI=1S/C23H29NO3/c1-21(2)22(3)11-12-23(21,19(26)18(22)25)20(27)24-13-9-17(10-14-24)15-16-7-5-4-6-8-16/h4-8,17H,9-15H2,1-3H3/t22-,23+/m1/s1. The lowest BCUT2D eigenvalue weighted by Crippen LogP contribution is -2.54. The van der Waals surface area contributed by atoms with Crippen molar-refractivity contribution >= 4 is 17.5 Å². The number of fused-ring (bicyclic) bond motifs is 2. The van der Waals surface area contributed by atoms with E-state index in [1.165, 1.54) is 5.56 Å². The summed E-state index contributed by atoms with van der Waals surface area (Å²) < 4.78 is 0. The molecule has 1 aromatic carbocycles. The van der Waals surface area contributed by atoms with E-state index in [9.17, 15) is 14.4 Å². The van der Waals surface area contributed by atoms with Crippen molar-refractivity contribution in [2.75, 3.05) is 13.1 Å². The predicted molar refractivity (Wildman–Crippen MR) is 103 cm³/mol. The van der Waals surface area contributed by atoms with Crippen molar-refractivity contribution in [3.05, 3.63) is 35.9 Å². The highest BCUT2D eigenvalue weighted by Crippen LogP contribution is 2.69. The zero-order valence-corrected chi connectivity index (χ0v) is 16.6. The molecule has 1 amide bonds. The van der Waals surface area contributed by atoms with Crippen molar-refractivity contribution in [2.45, 2.75) is 52.9 Å². The molecule has 1 aromatic rings. The van der Waals surface area contributed by atoms with Crippen LogP contribution in [0.25, 0.3) is 0 Å². The average Bonchev–Trinajstić information content (AvgIpc) is 2.94.